The topological polar surface area (TPSA) is 33.1 Å². The molecule has 1 N–H and O–H groups in total. The Morgan fingerprint density at radius 3 is 2.78 bits per heavy atom. The van der Waals surface area contributed by atoms with Crippen LogP contribution in [0.1, 0.15) is 37.8 Å². The van der Waals surface area contributed by atoms with Crippen LogP contribution >= 0.6 is 0 Å². The van der Waals surface area contributed by atoms with Crippen molar-refractivity contribution in [1.82, 2.24) is 19.8 Å². The van der Waals surface area contributed by atoms with Gasteiger partial charge in [0.1, 0.15) is 0 Å². The summed E-state index contributed by atoms with van der Waals surface area (Å²) in [5, 5.41) is 3.56. The standard InChI is InChI=1S/C14H24N4/c1-2-6-17(7-3-1)8-9-18-12-15-10-14(18)11-16-13-4-5-13/h10,12-13,16H,1-9,11H2. The van der Waals surface area contributed by atoms with Crippen LogP contribution in [0, 0.1) is 0 Å². The fraction of sp³-hybridized carbons (Fsp3) is 0.786. The lowest BCUT2D eigenvalue weighted by Gasteiger charge is -2.26. The van der Waals surface area contributed by atoms with Crippen LogP contribution in [0.3, 0.4) is 0 Å². The number of hydrogen-bond donors (Lipinski definition) is 1. The molecule has 1 aliphatic carbocycles. The second kappa shape index (κ2) is 5.85. The Kier molecular flexibility index (Phi) is 3.96. The van der Waals surface area contributed by atoms with Gasteiger partial charge < -0.3 is 14.8 Å². The van der Waals surface area contributed by atoms with Crippen LogP contribution in [0.15, 0.2) is 12.5 Å². The summed E-state index contributed by atoms with van der Waals surface area (Å²) in [5.41, 5.74) is 1.33. The molecule has 100 valence electrons. The Morgan fingerprint density at radius 1 is 1.17 bits per heavy atom. The molecule has 0 atom stereocenters. The number of hydrogen-bond acceptors (Lipinski definition) is 3. The fourth-order valence-electron chi connectivity index (χ4n) is 2.67. The van der Waals surface area contributed by atoms with E-state index in [2.05, 4.69) is 19.8 Å². The third-order valence-corrected chi connectivity index (χ3v) is 4.05. The zero-order valence-electron chi connectivity index (χ0n) is 11.1. The first kappa shape index (κ1) is 12.2. The van der Waals surface area contributed by atoms with Gasteiger partial charge >= 0.3 is 0 Å². The lowest BCUT2D eigenvalue weighted by Crippen LogP contribution is -2.33. The maximum atomic E-state index is 4.29. The highest BCUT2D eigenvalue weighted by atomic mass is 15.2. The van der Waals surface area contributed by atoms with Crippen molar-refractivity contribution in [2.75, 3.05) is 19.6 Å². The number of likely N-dealkylation sites (tertiary alicyclic amines) is 1. The molecule has 0 radical (unpaired) electrons. The highest BCUT2D eigenvalue weighted by Gasteiger charge is 2.20. The molecule has 4 nitrogen and oxygen atoms in total. The molecule has 1 saturated carbocycles. The quantitative estimate of drug-likeness (QED) is 0.830. The lowest BCUT2D eigenvalue weighted by atomic mass is 10.1. The number of nitrogens with one attached hydrogen (secondary N) is 1. The first-order chi connectivity index (χ1) is 8.92. The summed E-state index contributed by atoms with van der Waals surface area (Å²) in [6, 6.07) is 0.774. The van der Waals surface area contributed by atoms with Crippen molar-refractivity contribution < 1.29 is 0 Å². The highest BCUT2D eigenvalue weighted by molar-refractivity contribution is 4.99. The normalized spacial score (nSPS) is 21.3. The third kappa shape index (κ3) is 3.33. The molecule has 0 spiro atoms. The van der Waals surface area contributed by atoms with Gasteiger partial charge in [-0.15, -0.1) is 0 Å². The Bertz CT molecular complexity index is 364. The Morgan fingerprint density at radius 2 is 2.00 bits per heavy atom. The maximum absolute atomic E-state index is 4.29. The Balaban J connectivity index is 1.46. The molecule has 1 saturated heterocycles. The number of aromatic nitrogens is 2. The summed E-state index contributed by atoms with van der Waals surface area (Å²) in [7, 11) is 0. The molecule has 1 aromatic rings. The molecule has 0 amide bonds. The summed E-state index contributed by atoms with van der Waals surface area (Å²) < 4.78 is 2.31. The van der Waals surface area contributed by atoms with E-state index in [0.29, 0.717) is 0 Å². The van der Waals surface area contributed by atoms with E-state index >= 15 is 0 Å². The predicted molar refractivity (Wildman–Crippen MR) is 72.4 cm³/mol. The fourth-order valence-corrected chi connectivity index (χ4v) is 2.67. The van der Waals surface area contributed by atoms with Crippen LogP contribution in [0.25, 0.3) is 0 Å². The zero-order chi connectivity index (χ0) is 12.2. The molecule has 2 aliphatic rings. The maximum Gasteiger partial charge on any atom is 0.0949 e. The minimum Gasteiger partial charge on any atom is -0.332 e. The number of piperidine rings is 1. The predicted octanol–water partition coefficient (Wildman–Crippen LogP) is 1.62. The van der Waals surface area contributed by atoms with Crippen molar-refractivity contribution in [1.29, 1.82) is 0 Å². The molecule has 2 fully saturated rings. The van der Waals surface area contributed by atoms with E-state index in [1.807, 2.05) is 12.5 Å². The number of nitrogens with zero attached hydrogens (tertiary/aromatic N) is 3. The summed E-state index contributed by atoms with van der Waals surface area (Å²) >= 11 is 0. The van der Waals surface area contributed by atoms with Crippen LogP contribution in [-0.2, 0) is 13.1 Å². The van der Waals surface area contributed by atoms with Crippen molar-refractivity contribution in [3.8, 4) is 0 Å². The first-order valence-electron chi connectivity index (χ1n) is 7.36. The van der Waals surface area contributed by atoms with E-state index in [9.17, 15) is 0 Å². The van der Waals surface area contributed by atoms with Gasteiger partial charge in [0.2, 0.25) is 0 Å². The van der Waals surface area contributed by atoms with E-state index in [1.165, 1.54) is 57.4 Å². The van der Waals surface area contributed by atoms with E-state index in [-0.39, 0.29) is 0 Å². The van der Waals surface area contributed by atoms with E-state index in [0.717, 1.165) is 19.1 Å². The van der Waals surface area contributed by atoms with Gasteiger partial charge in [-0.3, -0.25) is 0 Å². The second-order valence-electron chi connectivity index (χ2n) is 5.64. The monoisotopic (exact) mass is 248 g/mol. The van der Waals surface area contributed by atoms with Gasteiger partial charge in [0.15, 0.2) is 0 Å². The number of rotatable bonds is 6. The molecular weight excluding hydrogens is 224 g/mol. The third-order valence-electron chi connectivity index (χ3n) is 4.05. The molecule has 2 heterocycles. The smallest absolute Gasteiger partial charge is 0.0949 e. The summed E-state index contributed by atoms with van der Waals surface area (Å²) in [6.07, 6.45) is 10.8. The van der Waals surface area contributed by atoms with Gasteiger partial charge in [0.05, 0.1) is 12.0 Å². The van der Waals surface area contributed by atoms with Crippen molar-refractivity contribution in [3.05, 3.63) is 18.2 Å². The number of imidazole rings is 1. The van der Waals surface area contributed by atoms with Gasteiger partial charge in [-0.1, -0.05) is 6.42 Å². The molecule has 0 aromatic carbocycles. The van der Waals surface area contributed by atoms with E-state index < -0.39 is 0 Å². The molecular formula is C14H24N4. The SMILES string of the molecule is c1ncn(CCN2CCCCC2)c1CNC1CC1. The summed E-state index contributed by atoms with van der Waals surface area (Å²) in [4.78, 5) is 6.87. The van der Waals surface area contributed by atoms with E-state index in [4.69, 9.17) is 0 Å². The highest BCUT2D eigenvalue weighted by Crippen LogP contribution is 2.19. The van der Waals surface area contributed by atoms with Crippen LogP contribution in [0.4, 0.5) is 0 Å². The van der Waals surface area contributed by atoms with Crippen molar-refractivity contribution >= 4 is 0 Å². The lowest BCUT2D eigenvalue weighted by molar-refractivity contribution is 0.220. The largest absolute Gasteiger partial charge is 0.332 e. The average Bonchev–Trinajstić information content (AvgIpc) is 3.14. The van der Waals surface area contributed by atoms with Crippen molar-refractivity contribution in [3.63, 3.8) is 0 Å². The van der Waals surface area contributed by atoms with E-state index in [1.54, 1.807) is 0 Å². The average molecular weight is 248 g/mol. The molecule has 0 bridgehead atoms. The Labute approximate surface area is 109 Å². The molecule has 1 aromatic heterocycles. The minimum absolute atomic E-state index is 0.774. The van der Waals surface area contributed by atoms with Gasteiger partial charge in [-0.25, -0.2) is 4.98 Å². The van der Waals surface area contributed by atoms with Gasteiger partial charge in [-0.2, -0.15) is 0 Å². The summed E-state index contributed by atoms with van der Waals surface area (Å²) in [5.74, 6) is 0. The van der Waals surface area contributed by atoms with Crippen LogP contribution in [0.5, 0.6) is 0 Å². The van der Waals surface area contributed by atoms with Gasteiger partial charge in [0, 0.05) is 31.9 Å². The molecule has 3 rings (SSSR count). The van der Waals surface area contributed by atoms with Crippen LogP contribution in [0.2, 0.25) is 0 Å². The van der Waals surface area contributed by atoms with Crippen LogP contribution in [-0.4, -0.2) is 40.1 Å². The Hall–Kier alpha value is -0.870. The van der Waals surface area contributed by atoms with Crippen LogP contribution < -0.4 is 5.32 Å². The summed E-state index contributed by atoms with van der Waals surface area (Å²) in [6.45, 7) is 5.80. The molecule has 4 heteroatoms. The molecule has 0 unspecified atom stereocenters. The molecule has 18 heavy (non-hydrogen) atoms. The first-order valence-corrected chi connectivity index (χ1v) is 7.36. The van der Waals surface area contributed by atoms with Gasteiger partial charge in [0.25, 0.3) is 0 Å². The van der Waals surface area contributed by atoms with Gasteiger partial charge in [-0.05, 0) is 38.8 Å². The minimum atomic E-state index is 0.774. The van der Waals surface area contributed by atoms with Crippen molar-refractivity contribution in [2.24, 2.45) is 0 Å². The van der Waals surface area contributed by atoms with Crippen molar-refractivity contribution in [2.45, 2.75) is 51.2 Å². The second-order valence-corrected chi connectivity index (χ2v) is 5.64. The molecule has 1 aliphatic heterocycles. The zero-order valence-corrected chi connectivity index (χ0v) is 11.1.